The SMILES string of the molecule is OC(CNc1c(Cl)cccc1Cl)COc1cccc(Cl)c1. The molecule has 0 saturated heterocycles. The van der Waals surface area contributed by atoms with Crippen molar-refractivity contribution < 1.29 is 9.84 Å². The summed E-state index contributed by atoms with van der Waals surface area (Å²) in [6.45, 7) is 0.402. The average molecular weight is 347 g/mol. The maximum atomic E-state index is 9.92. The van der Waals surface area contributed by atoms with Crippen molar-refractivity contribution in [2.45, 2.75) is 6.10 Å². The Balaban J connectivity index is 1.84. The first-order valence-electron chi connectivity index (χ1n) is 6.30. The number of ether oxygens (including phenoxy) is 1. The summed E-state index contributed by atoms with van der Waals surface area (Å²) in [6.07, 6.45) is -0.712. The van der Waals surface area contributed by atoms with Crippen molar-refractivity contribution >= 4 is 40.5 Å². The Morgan fingerprint density at radius 1 is 1.05 bits per heavy atom. The van der Waals surface area contributed by atoms with E-state index in [0.717, 1.165) is 0 Å². The summed E-state index contributed by atoms with van der Waals surface area (Å²) < 4.78 is 5.46. The van der Waals surface area contributed by atoms with Crippen LogP contribution in [0.2, 0.25) is 15.1 Å². The smallest absolute Gasteiger partial charge is 0.120 e. The van der Waals surface area contributed by atoms with Crippen LogP contribution >= 0.6 is 34.8 Å². The van der Waals surface area contributed by atoms with Gasteiger partial charge in [-0.1, -0.05) is 46.9 Å². The second kappa shape index (κ2) is 7.76. The molecule has 2 N–H and O–H groups in total. The summed E-state index contributed by atoms with van der Waals surface area (Å²) in [7, 11) is 0. The van der Waals surface area contributed by atoms with E-state index in [1.54, 1.807) is 42.5 Å². The molecule has 2 rings (SSSR count). The highest BCUT2D eigenvalue weighted by atomic mass is 35.5. The Hall–Kier alpha value is -1.13. The third-order valence-corrected chi connectivity index (χ3v) is 3.58. The molecule has 0 fully saturated rings. The van der Waals surface area contributed by atoms with E-state index in [0.29, 0.717) is 26.5 Å². The molecule has 2 aromatic carbocycles. The van der Waals surface area contributed by atoms with Gasteiger partial charge >= 0.3 is 0 Å². The van der Waals surface area contributed by atoms with Gasteiger partial charge in [-0.05, 0) is 30.3 Å². The summed E-state index contributed by atoms with van der Waals surface area (Å²) in [4.78, 5) is 0. The fourth-order valence-electron chi connectivity index (χ4n) is 1.69. The molecule has 0 heterocycles. The van der Waals surface area contributed by atoms with Crippen LogP contribution in [-0.2, 0) is 0 Å². The minimum atomic E-state index is -0.712. The van der Waals surface area contributed by atoms with E-state index in [4.69, 9.17) is 39.5 Å². The van der Waals surface area contributed by atoms with Crippen LogP contribution in [0.5, 0.6) is 5.75 Å². The van der Waals surface area contributed by atoms with Gasteiger partial charge in [-0.2, -0.15) is 0 Å². The molecule has 1 atom stereocenters. The second-order valence-electron chi connectivity index (χ2n) is 4.40. The fourth-order valence-corrected chi connectivity index (χ4v) is 2.41. The van der Waals surface area contributed by atoms with Gasteiger partial charge in [0.15, 0.2) is 0 Å². The molecular weight excluding hydrogens is 333 g/mol. The highest BCUT2D eigenvalue weighted by Crippen LogP contribution is 2.29. The van der Waals surface area contributed by atoms with Gasteiger partial charge in [-0.25, -0.2) is 0 Å². The lowest BCUT2D eigenvalue weighted by Gasteiger charge is -2.15. The van der Waals surface area contributed by atoms with Crippen molar-refractivity contribution in [2.24, 2.45) is 0 Å². The molecule has 0 bridgehead atoms. The Kier molecular flexibility index (Phi) is 6.00. The van der Waals surface area contributed by atoms with E-state index < -0.39 is 6.10 Å². The number of aliphatic hydroxyl groups is 1. The number of anilines is 1. The van der Waals surface area contributed by atoms with Crippen LogP contribution in [0.4, 0.5) is 5.69 Å². The van der Waals surface area contributed by atoms with E-state index in [-0.39, 0.29) is 13.2 Å². The molecule has 21 heavy (non-hydrogen) atoms. The third kappa shape index (κ3) is 4.97. The highest BCUT2D eigenvalue weighted by Gasteiger charge is 2.09. The van der Waals surface area contributed by atoms with Crippen molar-refractivity contribution in [3.8, 4) is 5.75 Å². The van der Waals surface area contributed by atoms with E-state index in [1.165, 1.54) is 0 Å². The number of rotatable bonds is 6. The first-order valence-corrected chi connectivity index (χ1v) is 7.44. The Bertz CT molecular complexity index is 587. The number of hydrogen-bond donors (Lipinski definition) is 2. The van der Waals surface area contributed by atoms with Crippen LogP contribution in [0.25, 0.3) is 0 Å². The van der Waals surface area contributed by atoms with Crippen molar-refractivity contribution in [3.05, 3.63) is 57.5 Å². The lowest BCUT2D eigenvalue weighted by molar-refractivity contribution is 0.117. The van der Waals surface area contributed by atoms with Crippen LogP contribution in [0.3, 0.4) is 0 Å². The molecule has 1 unspecified atom stereocenters. The third-order valence-electron chi connectivity index (χ3n) is 2.72. The normalized spacial score (nSPS) is 12.0. The van der Waals surface area contributed by atoms with Gasteiger partial charge in [0.2, 0.25) is 0 Å². The minimum absolute atomic E-state index is 0.134. The van der Waals surface area contributed by atoms with Gasteiger partial charge in [-0.15, -0.1) is 0 Å². The largest absolute Gasteiger partial charge is 0.491 e. The summed E-state index contributed by atoms with van der Waals surface area (Å²) in [5.74, 6) is 0.609. The zero-order chi connectivity index (χ0) is 15.2. The molecule has 3 nitrogen and oxygen atoms in total. The van der Waals surface area contributed by atoms with Gasteiger partial charge in [0.05, 0.1) is 15.7 Å². The first-order chi connectivity index (χ1) is 10.1. The molecule has 0 radical (unpaired) electrons. The van der Waals surface area contributed by atoms with E-state index in [9.17, 15) is 5.11 Å². The zero-order valence-electron chi connectivity index (χ0n) is 11.0. The maximum Gasteiger partial charge on any atom is 0.120 e. The van der Waals surface area contributed by atoms with Crippen molar-refractivity contribution in [1.29, 1.82) is 0 Å². The van der Waals surface area contributed by atoms with Crippen LogP contribution in [0, 0.1) is 0 Å². The summed E-state index contributed by atoms with van der Waals surface area (Å²) in [6, 6.07) is 12.2. The molecule has 0 amide bonds. The lowest BCUT2D eigenvalue weighted by atomic mass is 10.3. The number of para-hydroxylation sites is 1. The zero-order valence-corrected chi connectivity index (χ0v) is 13.3. The predicted molar refractivity (Wildman–Crippen MR) is 87.9 cm³/mol. The lowest BCUT2D eigenvalue weighted by Crippen LogP contribution is -2.26. The summed E-state index contributed by atoms with van der Waals surface area (Å²) in [5, 5.41) is 14.5. The monoisotopic (exact) mass is 345 g/mol. The molecule has 0 saturated carbocycles. The maximum absolute atomic E-state index is 9.92. The average Bonchev–Trinajstić information content (AvgIpc) is 2.45. The molecule has 112 valence electrons. The Morgan fingerprint density at radius 3 is 2.38 bits per heavy atom. The molecule has 0 aromatic heterocycles. The first kappa shape index (κ1) is 16.2. The number of halogens is 3. The van der Waals surface area contributed by atoms with Crippen LogP contribution in [0.15, 0.2) is 42.5 Å². The predicted octanol–water partition coefficient (Wildman–Crippen LogP) is 4.50. The standard InChI is InChI=1S/C15H14Cl3NO2/c16-10-3-1-4-12(7-10)21-9-11(20)8-19-15-13(17)5-2-6-14(15)18/h1-7,11,19-20H,8-9H2. The molecule has 6 heteroatoms. The molecule has 0 aliphatic carbocycles. The van der Waals surface area contributed by atoms with Crippen molar-refractivity contribution in [3.63, 3.8) is 0 Å². The number of benzene rings is 2. The van der Waals surface area contributed by atoms with E-state index in [1.807, 2.05) is 0 Å². The fraction of sp³-hybridized carbons (Fsp3) is 0.200. The van der Waals surface area contributed by atoms with Crippen LogP contribution < -0.4 is 10.1 Å². The van der Waals surface area contributed by atoms with Gasteiger partial charge in [0, 0.05) is 11.6 Å². The van der Waals surface area contributed by atoms with E-state index in [2.05, 4.69) is 5.32 Å². The summed E-state index contributed by atoms with van der Waals surface area (Å²) in [5.41, 5.74) is 0.600. The number of aliphatic hydroxyl groups excluding tert-OH is 1. The topological polar surface area (TPSA) is 41.5 Å². The molecule has 0 aliphatic heterocycles. The molecular formula is C15H14Cl3NO2. The second-order valence-corrected chi connectivity index (χ2v) is 5.65. The van der Waals surface area contributed by atoms with Gasteiger partial charge in [0.1, 0.15) is 18.5 Å². The van der Waals surface area contributed by atoms with Crippen molar-refractivity contribution in [2.75, 3.05) is 18.5 Å². The van der Waals surface area contributed by atoms with Gasteiger partial charge in [0.25, 0.3) is 0 Å². The van der Waals surface area contributed by atoms with E-state index >= 15 is 0 Å². The van der Waals surface area contributed by atoms with Crippen LogP contribution in [0.1, 0.15) is 0 Å². The number of nitrogens with one attached hydrogen (secondary N) is 1. The summed E-state index contributed by atoms with van der Waals surface area (Å²) >= 11 is 17.9. The quantitative estimate of drug-likeness (QED) is 0.809. The molecule has 0 spiro atoms. The molecule has 0 aliphatic rings. The van der Waals surface area contributed by atoms with Gasteiger partial charge in [-0.3, -0.25) is 0 Å². The Labute approximate surface area is 138 Å². The van der Waals surface area contributed by atoms with Crippen molar-refractivity contribution in [1.82, 2.24) is 0 Å². The highest BCUT2D eigenvalue weighted by molar-refractivity contribution is 6.39. The Morgan fingerprint density at radius 2 is 1.71 bits per heavy atom. The van der Waals surface area contributed by atoms with Crippen LogP contribution in [-0.4, -0.2) is 24.4 Å². The molecule has 2 aromatic rings. The number of hydrogen-bond acceptors (Lipinski definition) is 3. The minimum Gasteiger partial charge on any atom is -0.491 e. The van der Waals surface area contributed by atoms with Gasteiger partial charge < -0.3 is 15.2 Å².